The number of rotatable bonds is 3. The average Bonchev–Trinajstić information content (AvgIpc) is 2.55. The standard InChI is InChI=1S/C17H17NO4/c19-16(18-7-8-22-15(11-18)17(20)21)10-12-5-6-13-3-1-2-4-14(13)9-12/h1-6,9,15H,7-8,10-11H2,(H,20,21). The number of hydrogen-bond acceptors (Lipinski definition) is 3. The van der Waals surface area contributed by atoms with Crippen molar-refractivity contribution < 1.29 is 19.4 Å². The van der Waals surface area contributed by atoms with E-state index in [0.717, 1.165) is 16.3 Å². The zero-order chi connectivity index (χ0) is 15.5. The third kappa shape index (κ3) is 3.09. The van der Waals surface area contributed by atoms with Gasteiger partial charge < -0.3 is 14.7 Å². The number of amides is 1. The number of carbonyl (C=O) groups excluding carboxylic acids is 1. The molecule has 1 fully saturated rings. The maximum absolute atomic E-state index is 12.3. The molecular weight excluding hydrogens is 282 g/mol. The fourth-order valence-corrected chi connectivity index (χ4v) is 2.66. The first-order chi connectivity index (χ1) is 10.6. The van der Waals surface area contributed by atoms with Gasteiger partial charge in [0.05, 0.1) is 19.6 Å². The molecule has 1 amide bonds. The second-order valence-corrected chi connectivity index (χ2v) is 5.40. The van der Waals surface area contributed by atoms with Crippen LogP contribution in [-0.4, -0.2) is 47.7 Å². The van der Waals surface area contributed by atoms with Crippen molar-refractivity contribution in [3.05, 3.63) is 48.0 Å². The summed E-state index contributed by atoms with van der Waals surface area (Å²) in [6.07, 6.45) is -0.647. The van der Waals surface area contributed by atoms with Crippen LogP contribution in [0.5, 0.6) is 0 Å². The third-order valence-corrected chi connectivity index (χ3v) is 3.86. The minimum atomic E-state index is -1.02. The lowest BCUT2D eigenvalue weighted by molar-refractivity contribution is -0.159. The molecule has 1 unspecified atom stereocenters. The molecule has 0 radical (unpaired) electrons. The van der Waals surface area contributed by atoms with Crippen molar-refractivity contribution in [3.63, 3.8) is 0 Å². The van der Waals surface area contributed by atoms with Gasteiger partial charge in [-0.2, -0.15) is 0 Å². The maximum Gasteiger partial charge on any atom is 0.334 e. The van der Waals surface area contributed by atoms with Gasteiger partial charge in [0.1, 0.15) is 0 Å². The Morgan fingerprint density at radius 1 is 1.18 bits per heavy atom. The summed E-state index contributed by atoms with van der Waals surface area (Å²) in [6.45, 7) is 0.818. The summed E-state index contributed by atoms with van der Waals surface area (Å²) in [5.74, 6) is -1.09. The van der Waals surface area contributed by atoms with Crippen LogP contribution < -0.4 is 0 Å². The van der Waals surface area contributed by atoms with Gasteiger partial charge in [0.2, 0.25) is 5.91 Å². The molecule has 1 aliphatic rings. The van der Waals surface area contributed by atoms with Crippen LogP contribution in [0.3, 0.4) is 0 Å². The summed E-state index contributed by atoms with van der Waals surface area (Å²) in [6, 6.07) is 13.9. The number of benzene rings is 2. The Kier molecular flexibility index (Phi) is 4.06. The second-order valence-electron chi connectivity index (χ2n) is 5.40. The molecule has 0 saturated carbocycles. The Morgan fingerprint density at radius 3 is 2.73 bits per heavy atom. The predicted molar refractivity (Wildman–Crippen MR) is 81.6 cm³/mol. The van der Waals surface area contributed by atoms with Gasteiger partial charge in [-0.1, -0.05) is 42.5 Å². The molecule has 0 aromatic heterocycles. The van der Waals surface area contributed by atoms with Crippen LogP contribution in [0.2, 0.25) is 0 Å². The fraction of sp³-hybridized carbons (Fsp3) is 0.294. The number of ether oxygens (including phenoxy) is 1. The minimum Gasteiger partial charge on any atom is -0.479 e. The van der Waals surface area contributed by atoms with Crippen LogP contribution in [0, 0.1) is 0 Å². The molecule has 1 atom stereocenters. The largest absolute Gasteiger partial charge is 0.479 e. The van der Waals surface area contributed by atoms with Gasteiger partial charge in [0, 0.05) is 6.54 Å². The van der Waals surface area contributed by atoms with E-state index < -0.39 is 12.1 Å². The van der Waals surface area contributed by atoms with E-state index in [1.165, 1.54) is 0 Å². The number of carboxylic acids is 1. The second kappa shape index (κ2) is 6.15. The number of morpholine rings is 1. The molecule has 0 bridgehead atoms. The normalized spacial score (nSPS) is 18.4. The van der Waals surface area contributed by atoms with Crippen LogP contribution in [0.4, 0.5) is 0 Å². The first-order valence-electron chi connectivity index (χ1n) is 7.23. The third-order valence-electron chi connectivity index (χ3n) is 3.86. The maximum atomic E-state index is 12.3. The van der Waals surface area contributed by atoms with Gasteiger partial charge in [-0.05, 0) is 16.3 Å². The van der Waals surface area contributed by atoms with Crippen molar-refractivity contribution in [2.75, 3.05) is 19.7 Å². The van der Waals surface area contributed by atoms with Crippen molar-refractivity contribution in [2.24, 2.45) is 0 Å². The summed E-state index contributed by atoms with van der Waals surface area (Å²) in [4.78, 5) is 24.9. The summed E-state index contributed by atoms with van der Waals surface area (Å²) < 4.78 is 5.13. The van der Waals surface area contributed by atoms with Crippen molar-refractivity contribution in [1.29, 1.82) is 0 Å². The van der Waals surface area contributed by atoms with E-state index in [2.05, 4.69) is 0 Å². The van der Waals surface area contributed by atoms with Crippen molar-refractivity contribution >= 4 is 22.6 Å². The zero-order valence-electron chi connectivity index (χ0n) is 12.1. The van der Waals surface area contributed by atoms with Gasteiger partial charge in [0.25, 0.3) is 0 Å². The Balaban J connectivity index is 1.71. The van der Waals surface area contributed by atoms with E-state index in [4.69, 9.17) is 9.84 Å². The molecule has 2 aromatic carbocycles. The average molecular weight is 299 g/mol. The topological polar surface area (TPSA) is 66.8 Å². The molecule has 0 aliphatic carbocycles. The Hall–Kier alpha value is -2.40. The first kappa shape index (κ1) is 14.5. The molecule has 5 nitrogen and oxygen atoms in total. The SMILES string of the molecule is O=C(O)C1CN(C(=O)Cc2ccc3ccccc3c2)CCO1. The monoisotopic (exact) mass is 299 g/mol. The van der Waals surface area contributed by atoms with Crippen LogP contribution >= 0.6 is 0 Å². The van der Waals surface area contributed by atoms with Crippen molar-refractivity contribution in [1.82, 2.24) is 4.90 Å². The van der Waals surface area contributed by atoms with Gasteiger partial charge in [-0.3, -0.25) is 4.79 Å². The Labute approximate surface area is 128 Å². The number of nitrogens with zero attached hydrogens (tertiary/aromatic N) is 1. The highest BCUT2D eigenvalue weighted by Gasteiger charge is 2.28. The fourth-order valence-electron chi connectivity index (χ4n) is 2.66. The number of aliphatic carboxylic acids is 1. The van der Waals surface area contributed by atoms with Gasteiger partial charge >= 0.3 is 5.97 Å². The first-order valence-corrected chi connectivity index (χ1v) is 7.23. The molecule has 3 rings (SSSR count). The quantitative estimate of drug-likeness (QED) is 0.936. The van der Waals surface area contributed by atoms with E-state index in [1.807, 2.05) is 42.5 Å². The van der Waals surface area contributed by atoms with E-state index in [1.54, 1.807) is 4.90 Å². The zero-order valence-corrected chi connectivity index (χ0v) is 12.1. The summed E-state index contributed by atoms with van der Waals surface area (Å²) in [5.41, 5.74) is 0.932. The number of hydrogen-bond donors (Lipinski definition) is 1. The van der Waals surface area contributed by atoms with Crippen LogP contribution in [-0.2, 0) is 20.7 Å². The molecule has 5 heteroatoms. The lowest BCUT2D eigenvalue weighted by atomic mass is 10.0. The summed E-state index contributed by atoms with van der Waals surface area (Å²) in [7, 11) is 0. The van der Waals surface area contributed by atoms with Crippen LogP contribution in [0.1, 0.15) is 5.56 Å². The van der Waals surface area contributed by atoms with Gasteiger partial charge in [-0.15, -0.1) is 0 Å². The van der Waals surface area contributed by atoms with Crippen molar-refractivity contribution in [3.8, 4) is 0 Å². The number of carbonyl (C=O) groups is 2. The van der Waals surface area contributed by atoms with Crippen LogP contribution in [0.15, 0.2) is 42.5 Å². The summed E-state index contributed by atoms with van der Waals surface area (Å²) >= 11 is 0. The number of fused-ring (bicyclic) bond motifs is 1. The molecule has 0 spiro atoms. The molecule has 1 aliphatic heterocycles. The van der Waals surface area contributed by atoms with Crippen LogP contribution in [0.25, 0.3) is 10.8 Å². The Bertz CT molecular complexity index is 713. The van der Waals surface area contributed by atoms with E-state index in [9.17, 15) is 9.59 Å². The summed E-state index contributed by atoms with van der Waals surface area (Å²) in [5, 5.41) is 11.2. The smallest absolute Gasteiger partial charge is 0.334 e. The molecule has 114 valence electrons. The van der Waals surface area contributed by atoms with Gasteiger partial charge in [0.15, 0.2) is 6.10 Å². The molecule has 2 aromatic rings. The highest BCUT2D eigenvalue weighted by Crippen LogP contribution is 2.17. The Morgan fingerprint density at radius 2 is 1.95 bits per heavy atom. The highest BCUT2D eigenvalue weighted by atomic mass is 16.5. The van der Waals surface area contributed by atoms with E-state index in [0.29, 0.717) is 6.54 Å². The van der Waals surface area contributed by atoms with Gasteiger partial charge in [-0.25, -0.2) is 4.79 Å². The lowest BCUT2D eigenvalue weighted by Crippen LogP contribution is -2.49. The van der Waals surface area contributed by atoms with E-state index >= 15 is 0 Å². The predicted octanol–water partition coefficient (Wildman–Crippen LogP) is 1.69. The highest BCUT2D eigenvalue weighted by molar-refractivity contribution is 5.85. The van der Waals surface area contributed by atoms with Crippen molar-refractivity contribution in [2.45, 2.75) is 12.5 Å². The molecule has 1 saturated heterocycles. The number of carboxylic acid groups (broad SMARTS) is 1. The molecule has 22 heavy (non-hydrogen) atoms. The molecule has 1 heterocycles. The molecular formula is C17H17NO4. The van der Waals surface area contributed by atoms with E-state index in [-0.39, 0.29) is 25.5 Å². The molecule has 1 N–H and O–H groups in total. The minimum absolute atomic E-state index is 0.0650. The lowest BCUT2D eigenvalue weighted by Gasteiger charge is -2.31.